The molecule has 0 aromatic carbocycles. The van der Waals surface area contributed by atoms with Gasteiger partial charge in [0.1, 0.15) is 0 Å². The summed E-state index contributed by atoms with van der Waals surface area (Å²) in [6.07, 6.45) is 4.77. The van der Waals surface area contributed by atoms with Crippen molar-refractivity contribution in [2.75, 3.05) is 5.32 Å². The number of hydrogen-bond donors (Lipinski definition) is 1. The molecule has 2 aromatic rings. The van der Waals surface area contributed by atoms with E-state index in [0.717, 1.165) is 30.2 Å². The molecule has 0 saturated heterocycles. The molecule has 4 nitrogen and oxygen atoms in total. The van der Waals surface area contributed by atoms with E-state index in [2.05, 4.69) is 38.0 Å². The number of pyridine rings is 1. The number of aryl methyl sites for hydroxylation is 1. The van der Waals surface area contributed by atoms with Gasteiger partial charge in [-0.1, -0.05) is 27.7 Å². The predicted molar refractivity (Wildman–Crippen MR) is 89.1 cm³/mol. The average molecular weight is 305 g/mol. The standard InChI is InChI=1S/C16H23N3OS/c1-5-8-19-11-12(6-7-14(19)20)17-9-13-10-18-15(21-13)16(2,3)4/h6-7,10-11,17H,5,8-9H2,1-4H3. The Hall–Kier alpha value is -1.62. The summed E-state index contributed by atoms with van der Waals surface area (Å²) >= 11 is 1.73. The molecule has 0 radical (unpaired) electrons. The summed E-state index contributed by atoms with van der Waals surface area (Å²) in [5, 5.41) is 4.51. The Bertz CT molecular complexity index is 652. The zero-order chi connectivity index (χ0) is 15.5. The van der Waals surface area contributed by atoms with Crippen LogP contribution in [0.2, 0.25) is 0 Å². The van der Waals surface area contributed by atoms with Crippen molar-refractivity contribution in [3.05, 3.63) is 44.8 Å². The molecule has 0 atom stereocenters. The third-order valence-electron chi connectivity index (χ3n) is 3.11. The predicted octanol–water partition coefficient (Wildman–Crippen LogP) is 3.62. The Morgan fingerprint density at radius 2 is 2.10 bits per heavy atom. The minimum Gasteiger partial charge on any atom is -0.379 e. The van der Waals surface area contributed by atoms with Gasteiger partial charge >= 0.3 is 0 Å². The van der Waals surface area contributed by atoms with Crippen LogP contribution in [0.15, 0.2) is 29.3 Å². The molecule has 21 heavy (non-hydrogen) atoms. The molecule has 0 aliphatic heterocycles. The van der Waals surface area contributed by atoms with Crippen molar-refractivity contribution < 1.29 is 0 Å². The van der Waals surface area contributed by atoms with Gasteiger partial charge in [0, 0.05) is 35.3 Å². The second-order valence-electron chi connectivity index (χ2n) is 6.18. The highest BCUT2D eigenvalue weighted by atomic mass is 32.1. The number of anilines is 1. The lowest BCUT2D eigenvalue weighted by Crippen LogP contribution is -2.18. The van der Waals surface area contributed by atoms with Crippen molar-refractivity contribution in [3.63, 3.8) is 0 Å². The number of hydrogen-bond acceptors (Lipinski definition) is 4. The van der Waals surface area contributed by atoms with E-state index in [4.69, 9.17) is 0 Å². The van der Waals surface area contributed by atoms with Crippen molar-refractivity contribution in [2.24, 2.45) is 0 Å². The number of thiazole rings is 1. The summed E-state index contributed by atoms with van der Waals surface area (Å²) in [4.78, 5) is 17.4. The molecule has 0 spiro atoms. The van der Waals surface area contributed by atoms with Crippen LogP contribution in [0.1, 0.15) is 44.0 Å². The van der Waals surface area contributed by atoms with Gasteiger partial charge in [0.2, 0.25) is 0 Å². The van der Waals surface area contributed by atoms with Crippen molar-refractivity contribution in [1.82, 2.24) is 9.55 Å². The third kappa shape index (κ3) is 4.17. The second-order valence-corrected chi connectivity index (χ2v) is 7.30. The number of nitrogens with zero attached hydrogens (tertiary/aromatic N) is 2. The monoisotopic (exact) mass is 305 g/mol. The van der Waals surface area contributed by atoms with Gasteiger partial charge in [-0.15, -0.1) is 11.3 Å². The smallest absolute Gasteiger partial charge is 0.250 e. The summed E-state index contributed by atoms with van der Waals surface area (Å²) in [7, 11) is 0. The van der Waals surface area contributed by atoms with E-state index in [1.807, 2.05) is 18.5 Å². The molecule has 1 N–H and O–H groups in total. The van der Waals surface area contributed by atoms with E-state index < -0.39 is 0 Å². The fraction of sp³-hybridized carbons (Fsp3) is 0.500. The van der Waals surface area contributed by atoms with E-state index in [-0.39, 0.29) is 11.0 Å². The summed E-state index contributed by atoms with van der Waals surface area (Å²) in [6.45, 7) is 10.1. The number of aromatic nitrogens is 2. The molecular weight excluding hydrogens is 282 g/mol. The Balaban J connectivity index is 2.04. The number of nitrogens with one attached hydrogen (secondary N) is 1. The first-order chi connectivity index (χ1) is 9.90. The molecule has 0 aliphatic rings. The summed E-state index contributed by atoms with van der Waals surface area (Å²) in [5.74, 6) is 0. The largest absolute Gasteiger partial charge is 0.379 e. The lowest BCUT2D eigenvalue weighted by atomic mass is 9.98. The molecule has 2 heterocycles. The van der Waals surface area contributed by atoms with Crippen molar-refractivity contribution in [1.29, 1.82) is 0 Å². The molecular formula is C16H23N3OS. The van der Waals surface area contributed by atoms with Crippen LogP contribution >= 0.6 is 11.3 Å². The third-order valence-corrected chi connectivity index (χ3v) is 4.53. The van der Waals surface area contributed by atoms with E-state index in [0.29, 0.717) is 0 Å². The highest BCUT2D eigenvalue weighted by Crippen LogP contribution is 2.27. The summed E-state index contributed by atoms with van der Waals surface area (Å²) in [6, 6.07) is 3.45. The fourth-order valence-corrected chi connectivity index (χ4v) is 2.89. The SMILES string of the molecule is CCCn1cc(NCc2cnc(C(C)(C)C)s2)ccc1=O. The van der Waals surface area contributed by atoms with E-state index in [1.165, 1.54) is 4.88 Å². The number of rotatable bonds is 5. The molecule has 0 bridgehead atoms. The fourth-order valence-electron chi connectivity index (χ4n) is 1.98. The lowest BCUT2D eigenvalue weighted by molar-refractivity contribution is 0.585. The van der Waals surface area contributed by atoms with Crippen molar-refractivity contribution in [2.45, 2.75) is 52.6 Å². The van der Waals surface area contributed by atoms with Gasteiger partial charge in [0.15, 0.2) is 0 Å². The highest BCUT2D eigenvalue weighted by Gasteiger charge is 2.17. The molecule has 114 valence electrons. The minimum absolute atomic E-state index is 0.0511. The Morgan fingerprint density at radius 1 is 1.33 bits per heavy atom. The maximum absolute atomic E-state index is 11.7. The summed E-state index contributed by atoms with van der Waals surface area (Å²) < 4.78 is 1.75. The van der Waals surface area contributed by atoms with Gasteiger partial charge in [-0.2, -0.15) is 0 Å². The second kappa shape index (κ2) is 6.43. The molecule has 2 rings (SSSR count). The van der Waals surface area contributed by atoms with Crippen molar-refractivity contribution in [3.8, 4) is 0 Å². The zero-order valence-electron chi connectivity index (χ0n) is 13.1. The minimum atomic E-state index is 0.0511. The molecule has 0 saturated carbocycles. The molecule has 5 heteroatoms. The molecule has 2 aromatic heterocycles. The van der Waals surface area contributed by atoms with E-state index in [1.54, 1.807) is 22.0 Å². The van der Waals surface area contributed by atoms with E-state index >= 15 is 0 Å². The first-order valence-electron chi connectivity index (χ1n) is 7.29. The zero-order valence-corrected chi connectivity index (χ0v) is 14.0. The van der Waals surface area contributed by atoms with Gasteiger partial charge in [0.05, 0.1) is 17.2 Å². The van der Waals surface area contributed by atoms with Gasteiger partial charge in [0.25, 0.3) is 5.56 Å². The van der Waals surface area contributed by atoms with Crippen LogP contribution in [0.3, 0.4) is 0 Å². The van der Waals surface area contributed by atoms with Crippen LogP contribution in [0.25, 0.3) is 0 Å². The molecule has 0 fully saturated rings. The maximum Gasteiger partial charge on any atom is 0.250 e. The normalized spacial score (nSPS) is 11.6. The van der Waals surface area contributed by atoms with Gasteiger partial charge in [-0.3, -0.25) is 4.79 Å². The molecule has 0 unspecified atom stereocenters. The molecule has 0 amide bonds. The molecule has 0 aliphatic carbocycles. The van der Waals surface area contributed by atoms with Crippen LogP contribution < -0.4 is 10.9 Å². The van der Waals surface area contributed by atoms with Gasteiger partial charge < -0.3 is 9.88 Å². The lowest BCUT2D eigenvalue weighted by Gasteiger charge is -2.13. The van der Waals surface area contributed by atoms with Crippen LogP contribution in [0.4, 0.5) is 5.69 Å². The Labute approximate surface area is 129 Å². The maximum atomic E-state index is 11.7. The van der Waals surface area contributed by atoms with Crippen LogP contribution in [-0.2, 0) is 18.5 Å². The first-order valence-corrected chi connectivity index (χ1v) is 8.11. The summed E-state index contributed by atoms with van der Waals surface area (Å²) in [5.41, 5.74) is 1.11. The van der Waals surface area contributed by atoms with Gasteiger partial charge in [-0.25, -0.2) is 4.98 Å². The van der Waals surface area contributed by atoms with Crippen LogP contribution in [-0.4, -0.2) is 9.55 Å². The topological polar surface area (TPSA) is 46.9 Å². The quantitative estimate of drug-likeness (QED) is 0.917. The first kappa shape index (κ1) is 15.8. The van der Waals surface area contributed by atoms with Gasteiger partial charge in [-0.05, 0) is 12.5 Å². The Kier molecular flexibility index (Phi) is 4.83. The Morgan fingerprint density at radius 3 is 2.71 bits per heavy atom. The highest BCUT2D eigenvalue weighted by molar-refractivity contribution is 7.11. The average Bonchev–Trinajstić information content (AvgIpc) is 2.89. The van der Waals surface area contributed by atoms with Crippen molar-refractivity contribution >= 4 is 17.0 Å². The van der Waals surface area contributed by atoms with Crippen LogP contribution in [0, 0.1) is 0 Å². The van der Waals surface area contributed by atoms with Crippen LogP contribution in [0.5, 0.6) is 0 Å². The van der Waals surface area contributed by atoms with E-state index in [9.17, 15) is 4.79 Å².